The Morgan fingerprint density at radius 3 is 2.06 bits per heavy atom. The highest BCUT2D eigenvalue weighted by atomic mass is 32.2. The molecule has 0 aromatic heterocycles. The molecule has 0 heterocycles. The normalized spacial score (nSPS) is 16.8. The van der Waals surface area contributed by atoms with Crippen LogP contribution in [0.5, 0.6) is 0 Å². The predicted molar refractivity (Wildman–Crippen MR) is 47.8 cm³/mol. The van der Waals surface area contributed by atoms with Crippen molar-refractivity contribution < 1.29 is 31.5 Å². The second-order valence-corrected chi connectivity index (χ2v) is 4.53. The van der Waals surface area contributed by atoms with Gasteiger partial charge in [0.1, 0.15) is 0 Å². The standard InChI is InChI=1S/C6H11F3N2O4S/c1-3-10-16(14,15)11-5(2,4(12)13)6(7,8)9/h10-11H,3H2,1-2H3,(H,12,13). The number of hydrogen-bond acceptors (Lipinski definition) is 3. The Hall–Kier alpha value is -0.870. The minimum atomic E-state index is -5.25. The van der Waals surface area contributed by atoms with Gasteiger partial charge in [0, 0.05) is 6.54 Å². The quantitative estimate of drug-likeness (QED) is 0.642. The lowest BCUT2D eigenvalue weighted by atomic mass is 10.0. The highest BCUT2D eigenvalue weighted by Gasteiger charge is 2.59. The van der Waals surface area contributed by atoms with Crippen LogP contribution < -0.4 is 9.44 Å². The van der Waals surface area contributed by atoms with Gasteiger partial charge in [-0.05, 0) is 6.92 Å². The summed E-state index contributed by atoms with van der Waals surface area (Å²) in [5.41, 5.74) is -3.56. The average Bonchev–Trinajstić information content (AvgIpc) is 1.99. The molecule has 1 atom stereocenters. The van der Waals surface area contributed by atoms with Crippen molar-refractivity contribution in [3.8, 4) is 0 Å². The smallest absolute Gasteiger partial charge is 0.418 e. The van der Waals surface area contributed by atoms with Crippen molar-refractivity contribution in [3.63, 3.8) is 0 Å². The third-order valence-corrected chi connectivity index (χ3v) is 3.01. The van der Waals surface area contributed by atoms with E-state index in [1.165, 1.54) is 6.92 Å². The molecule has 3 N–H and O–H groups in total. The van der Waals surface area contributed by atoms with Crippen molar-refractivity contribution in [3.05, 3.63) is 0 Å². The summed E-state index contributed by atoms with van der Waals surface area (Å²) in [6, 6.07) is 0. The summed E-state index contributed by atoms with van der Waals surface area (Å²) < 4.78 is 61.9. The van der Waals surface area contributed by atoms with Crippen LogP contribution in [0.1, 0.15) is 13.8 Å². The minimum Gasteiger partial charge on any atom is -0.480 e. The zero-order valence-electron chi connectivity index (χ0n) is 8.42. The van der Waals surface area contributed by atoms with E-state index in [1.54, 1.807) is 4.72 Å². The number of alkyl halides is 3. The highest BCUT2D eigenvalue weighted by Crippen LogP contribution is 2.30. The van der Waals surface area contributed by atoms with E-state index in [0.717, 1.165) is 4.72 Å². The van der Waals surface area contributed by atoms with E-state index in [2.05, 4.69) is 0 Å². The van der Waals surface area contributed by atoms with Crippen molar-refractivity contribution in [2.24, 2.45) is 0 Å². The molecule has 0 saturated carbocycles. The van der Waals surface area contributed by atoms with E-state index in [-0.39, 0.29) is 13.5 Å². The summed E-state index contributed by atoms with van der Waals surface area (Å²) in [6.45, 7) is 1.40. The van der Waals surface area contributed by atoms with Gasteiger partial charge >= 0.3 is 12.1 Å². The van der Waals surface area contributed by atoms with Crippen LogP contribution in [0, 0.1) is 0 Å². The summed E-state index contributed by atoms with van der Waals surface area (Å²) >= 11 is 0. The number of carbonyl (C=O) groups is 1. The number of rotatable bonds is 5. The fraction of sp³-hybridized carbons (Fsp3) is 0.833. The maximum atomic E-state index is 12.4. The largest absolute Gasteiger partial charge is 0.480 e. The summed E-state index contributed by atoms with van der Waals surface area (Å²) in [6.07, 6.45) is -5.25. The van der Waals surface area contributed by atoms with E-state index in [4.69, 9.17) is 5.11 Å². The Morgan fingerprint density at radius 1 is 1.38 bits per heavy atom. The molecule has 0 aliphatic heterocycles. The Bertz CT molecular complexity index is 366. The van der Waals surface area contributed by atoms with E-state index in [0.29, 0.717) is 0 Å². The summed E-state index contributed by atoms with van der Waals surface area (Å²) in [4.78, 5) is 10.5. The molecule has 0 aliphatic rings. The molecule has 0 saturated heterocycles. The van der Waals surface area contributed by atoms with Gasteiger partial charge in [-0.1, -0.05) is 6.92 Å². The van der Waals surface area contributed by atoms with Crippen LogP contribution in [-0.4, -0.2) is 37.8 Å². The first-order valence-electron chi connectivity index (χ1n) is 4.05. The Morgan fingerprint density at radius 2 is 1.81 bits per heavy atom. The third-order valence-electron chi connectivity index (χ3n) is 1.67. The predicted octanol–water partition coefficient (Wildman–Crippen LogP) is -0.164. The molecule has 96 valence electrons. The van der Waals surface area contributed by atoms with Crippen LogP contribution >= 0.6 is 0 Å². The maximum absolute atomic E-state index is 12.4. The van der Waals surface area contributed by atoms with Gasteiger partial charge in [0.2, 0.25) is 5.54 Å². The van der Waals surface area contributed by atoms with Crippen molar-refractivity contribution in [2.75, 3.05) is 6.54 Å². The lowest BCUT2D eigenvalue weighted by Gasteiger charge is -2.28. The van der Waals surface area contributed by atoms with E-state index >= 15 is 0 Å². The van der Waals surface area contributed by atoms with Crippen LogP contribution in [0.2, 0.25) is 0 Å². The number of carboxylic acid groups (broad SMARTS) is 1. The molecule has 6 nitrogen and oxygen atoms in total. The summed E-state index contributed by atoms with van der Waals surface area (Å²) in [5, 5.41) is 8.42. The Labute approximate surface area is 90.0 Å². The lowest BCUT2D eigenvalue weighted by molar-refractivity contribution is -0.201. The minimum absolute atomic E-state index is 0.164. The van der Waals surface area contributed by atoms with Gasteiger partial charge in [0.15, 0.2) is 0 Å². The van der Waals surface area contributed by atoms with Gasteiger partial charge in [-0.25, -0.2) is 9.52 Å². The summed E-state index contributed by atoms with van der Waals surface area (Å²) in [7, 11) is -4.52. The first-order chi connectivity index (χ1) is 6.96. The van der Waals surface area contributed by atoms with Crippen molar-refractivity contribution in [1.82, 2.24) is 9.44 Å². The lowest BCUT2D eigenvalue weighted by Crippen LogP contribution is -2.63. The molecular formula is C6H11F3N2O4S. The molecule has 0 spiro atoms. The molecule has 0 rings (SSSR count). The zero-order chi connectivity index (χ0) is 13.2. The zero-order valence-corrected chi connectivity index (χ0v) is 9.24. The van der Waals surface area contributed by atoms with Gasteiger partial charge in [0.05, 0.1) is 0 Å². The van der Waals surface area contributed by atoms with Crippen LogP contribution in [0.3, 0.4) is 0 Å². The molecule has 1 unspecified atom stereocenters. The van der Waals surface area contributed by atoms with Gasteiger partial charge in [0.25, 0.3) is 10.2 Å². The van der Waals surface area contributed by atoms with Gasteiger partial charge in [-0.3, -0.25) is 0 Å². The van der Waals surface area contributed by atoms with E-state index < -0.39 is 27.9 Å². The molecule has 0 aromatic rings. The van der Waals surface area contributed by atoms with Crippen LogP contribution in [0.4, 0.5) is 13.2 Å². The van der Waals surface area contributed by atoms with Gasteiger partial charge in [-0.2, -0.15) is 26.3 Å². The maximum Gasteiger partial charge on any atom is 0.418 e. The van der Waals surface area contributed by atoms with E-state index in [1.807, 2.05) is 0 Å². The fourth-order valence-corrected chi connectivity index (χ4v) is 1.91. The molecular weight excluding hydrogens is 253 g/mol. The van der Waals surface area contributed by atoms with Crippen molar-refractivity contribution >= 4 is 16.2 Å². The monoisotopic (exact) mass is 264 g/mol. The third kappa shape index (κ3) is 3.32. The molecule has 0 aliphatic carbocycles. The van der Waals surface area contributed by atoms with Gasteiger partial charge in [-0.15, -0.1) is 0 Å². The molecule has 0 radical (unpaired) electrons. The summed E-state index contributed by atoms with van der Waals surface area (Å²) in [5.74, 6) is -2.33. The Balaban J connectivity index is 5.22. The average molecular weight is 264 g/mol. The second-order valence-electron chi connectivity index (χ2n) is 3.03. The van der Waals surface area contributed by atoms with Crippen LogP contribution in [-0.2, 0) is 15.0 Å². The first-order valence-corrected chi connectivity index (χ1v) is 5.53. The van der Waals surface area contributed by atoms with Crippen LogP contribution in [0.25, 0.3) is 0 Å². The topological polar surface area (TPSA) is 95.5 Å². The SMILES string of the molecule is CCNS(=O)(=O)NC(C)(C(=O)O)C(F)(F)F. The number of nitrogens with one attached hydrogen (secondary N) is 2. The molecule has 0 fully saturated rings. The van der Waals surface area contributed by atoms with Gasteiger partial charge < -0.3 is 5.11 Å². The molecule has 0 amide bonds. The van der Waals surface area contributed by atoms with Crippen molar-refractivity contribution in [2.45, 2.75) is 25.6 Å². The number of carboxylic acids is 1. The highest BCUT2D eigenvalue weighted by molar-refractivity contribution is 7.87. The number of hydrogen-bond donors (Lipinski definition) is 3. The molecule has 0 aromatic carbocycles. The first kappa shape index (κ1) is 15.1. The van der Waals surface area contributed by atoms with Crippen LogP contribution in [0.15, 0.2) is 0 Å². The fourth-order valence-electron chi connectivity index (χ4n) is 0.718. The molecule has 16 heavy (non-hydrogen) atoms. The number of halogens is 3. The van der Waals surface area contributed by atoms with E-state index in [9.17, 15) is 26.4 Å². The molecule has 0 bridgehead atoms. The molecule has 10 heteroatoms. The number of aliphatic carboxylic acids is 1. The van der Waals surface area contributed by atoms with Crippen molar-refractivity contribution in [1.29, 1.82) is 0 Å². The second kappa shape index (κ2) is 4.55. The Kier molecular flexibility index (Phi) is 4.31.